The second kappa shape index (κ2) is 6.64. The normalized spacial score (nSPS) is 22.0. The van der Waals surface area contributed by atoms with E-state index in [0.717, 1.165) is 0 Å². The van der Waals surface area contributed by atoms with E-state index in [9.17, 15) is 19.1 Å². The average Bonchev–Trinajstić information content (AvgIpc) is 2.81. The summed E-state index contributed by atoms with van der Waals surface area (Å²) in [5, 5.41) is 12.2. The molecule has 21 heavy (non-hydrogen) atoms. The monoisotopic (exact) mass is 296 g/mol. The molecule has 0 saturated carbocycles. The lowest BCUT2D eigenvalue weighted by molar-refractivity contribution is -0.146. The smallest absolute Gasteiger partial charge is 0.323 e. The lowest BCUT2D eigenvalue weighted by atomic mass is 10.2. The number of anilines is 1. The van der Waals surface area contributed by atoms with Crippen LogP contribution in [0.2, 0.25) is 0 Å². The molecule has 0 aromatic heterocycles. The highest BCUT2D eigenvalue weighted by Gasteiger charge is 2.37. The van der Waals surface area contributed by atoms with Crippen molar-refractivity contribution in [3.05, 3.63) is 30.1 Å². The van der Waals surface area contributed by atoms with Crippen LogP contribution in [0.1, 0.15) is 6.42 Å². The Kier molecular flexibility index (Phi) is 4.87. The number of likely N-dealkylation sites (tertiary alicyclic amines) is 1. The average molecular weight is 296 g/mol. The van der Waals surface area contributed by atoms with Crippen LogP contribution in [-0.4, -0.2) is 54.2 Å². The van der Waals surface area contributed by atoms with Gasteiger partial charge in [0.1, 0.15) is 11.9 Å². The summed E-state index contributed by atoms with van der Waals surface area (Å²) in [4.78, 5) is 25.1. The molecule has 1 fully saturated rings. The molecule has 1 amide bonds. The maximum atomic E-state index is 12.8. The van der Waals surface area contributed by atoms with E-state index in [0.29, 0.717) is 5.69 Å². The summed E-state index contributed by atoms with van der Waals surface area (Å²) in [6.07, 6.45) is -0.413. The third-order valence-electron chi connectivity index (χ3n) is 3.33. The maximum absolute atomic E-state index is 12.8. The highest BCUT2D eigenvalue weighted by Crippen LogP contribution is 2.19. The van der Waals surface area contributed by atoms with Crippen LogP contribution >= 0.6 is 0 Å². The summed E-state index contributed by atoms with van der Waals surface area (Å²) >= 11 is 0. The van der Waals surface area contributed by atoms with E-state index in [1.54, 1.807) is 4.90 Å². The number of nitrogens with zero attached hydrogens (tertiary/aromatic N) is 1. The minimum Gasteiger partial charge on any atom is -0.468 e. The molecule has 6 nitrogen and oxygen atoms in total. The zero-order chi connectivity index (χ0) is 15.4. The topological polar surface area (TPSA) is 78.9 Å². The number of aliphatic hydroxyl groups is 1. The number of aliphatic hydroxyl groups excluding tert-OH is 1. The Bertz CT molecular complexity index is 520. The summed E-state index contributed by atoms with van der Waals surface area (Å²) in [5.74, 6) is -1.20. The van der Waals surface area contributed by atoms with E-state index in [2.05, 4.69) is 10.1 Å². The molecule has 2 unspecified atom stereocenters. The number of amides is 1. The molecule has 2 atom stereocenters. The van der Waals surface area contributed by atoms with E-state index < -0.39 is 18.1 Å². The summed E-state index contributed by atoms with van der Waals surface area (Å²) in [5.41, 5.74) is 0.468. The number of benzene rings is 1. The molecular weight excluding hydrogens is 279 g/mol. The number of esters is 1. The lowest BCUT2D eigenvalue weighted by Gasteiger charge is -2.21. The van der Waals surface area contributed by atoms with Crippen molar-refractivity contribution in [2.75, 3.05) is 25.5 Å². The number of nitrogens with one attached hydrogen (secondary N) is 1. The summed E-state index contributed by atoms with van der Waals surface area (Å²) < 4.78 is 17.4. The fourth-order valence-electron chi connectivity index (χ4n) is 2.35. The standard InChI is InChI=1S/C14H17FN2O4/c1-21-14(20)12-6-11(18)7-17(12)8-13(19)16-10-4-2-9(15)3-5-10/h2-5,11-12,18H,6-8H2,1H3,(H,16,19). The Morgan fingerprint density at radius 1 is 1.43 bits per heavy atom. The first-order chi connectivity index (χ1) is 9.99. The molecule has 1 heterocycles. The summed E-state index contributed by atoms with van der Waals surface area (Å²) in [6.45, 7) is 0.185. The van der Waals surface area contributed by atoms with Gasteiger partial charge in [-0.25, -0.2) is 4.39 Å². The predicted octanol–water partition coefficient (Wildman–Crippen LogP) is 0.372. The van der Waals surface area contributed by atoms with Gasteiger partial charge in [0.2, 0.25) is 5.91 Å². The van der Waals surface area contributed by atoms with Gasteiger partial charge in [0.25, 0.3) is 0 Å². The fraction of sp³-hybridized carbons (Fsp3) is 0.429. The minimum atomic E-state index is -0.660. The Hall–Kier alpha value is -1.99. The molecule has 0 spiro atoms. The molecule has 0 aliphatic carbocycles. The fourth-order valence-corrected chi connectivity index (χ4v) is 2.35. The number of methoxy groups -OCH3 is 1. The Morgan fingerprint density at radius 3 is 2.71 bits per heavy atom. The van der Waals surface area contributed by atoms with Gasteiger partial charge in [0, 0.05) is 18.7 Å². The quantitative estimate of drug-likeness (QED) is 0.785. The largest absolute Gasteiger partial charge is 0.468 e. The molecule has 1 saturated heterocycles. The van der Waals surface area contributed by atoms with E-state index in [-0.39, 0.29) is 31.2 Å². The van der Waals surface area contributed by atoms with Gasteiger partial charge in [-0.05, 0) is 24.3 Å². The molecule has 2 N–H and O–H groups in total. The van der Waals surface area contributed by atoms with Crippen LogP contribution in [0.4, 0.5) is 10.1 Å². The van der Waals surface area contributed by atoms with Gasteiger partial charge in [-0.1, -0.05) is 0 Å². The van der Waals surface area contributed by atoms with Crippen LogP contribution in [0.5, 0.6) is 0 Å². The van der Waals surface area contributed by atoms with Crippen LogP contribution in [0.15, 0.2) is 24.3 Å². The number of β-amino-alcohol motifs (C(OH)–C–C–N with tert-alkyl or cyclic N) is 1. The molecule has 0 bridgehead atoms. The lowest BCUT2D eigenvalue weighted by Crippen LogP contribution is -2.41. The second-order valence-corrected chi connectivity index (χ2v) is 4.91. The molecule has 0 radical (unpaired) electrons. The Balaban J connectivity index is 1.94. The van der Waals surface area contributed by atoms with E-state index >= 15 is 0 Å². The van der Waals surface area contributed by atoms with Gasteiger partial charge < -0.3 is 15.2 Å². The van der Waals surface area contributed by atoms with Gasteiger partial charge in [-0.15, -0.1) is 0 Å². The number of carbonyl (C=O) groups is 2. The highest BCUT2D eigenvalue weighted by atomic mass is 19.1. The zero-order valence-corrected chi connectivity index (χ0v) is 11.6. The Morgan fingerprint density at radius 2 is 2.10 bits per heavy atom. The molecule has 1 aliphatic rings. The highest BCUT2D eigenvalue weighted by molar-refractivity contribution is 5.92. The third-order valence-corrected chi connectivity index (χ3v) is 3.33. The number of hydrogen-bond donors (Lipinski definition) is 2. The number of rotatable bonds is 4. The van der Waals surface area contributed by atoms with Gasteiger partial charge in [0.15, 0.2) is 0 Å². The first kappa shape index (κ1) is 15.4. The molecule has 2 rings (SSSR count). The number of ether oxygens (including phenoxy) is 1. The van der Waals surface area contributed by atoms with Crippen LogP contribution < -0.4 is 5.32 Å². The van der Waals surface area contributed by atoms with Crippen molar-refractivity contribution in [2.45, 2.75) is 18.6 Å². The Labute approximate surface area is 121 Å². The van der Waals surface area contributed by atoms with Crippen LogP contribution in [-0.2, 0) is 14.3 Å². The van der Waals surface area contributed by atoms with Crippen molar-refractivity contribution in [1.82, 2.24) is 4.90 Å². The van der Waals surface area contributed by atoms with E-state index in [1.807, 2.05) is 0 Å². The molecule has 1 aliphatic heterocycles. The van der Waals surface area contributed by atoms with Gasteiger partial charge in [0.05, 0.1) is 19.8 Å². The van der Waals surface area contributed by atoms with Crippen molar-refractivity contribution in [3.8, 4) is 0 Å². The van der Waals surface area contributed by atoms with Crippen molar-refractivity contribution < 1.29 is 23.8 Å². The van der Waals surface area contributed by atoms with Crippen LogP contribution in [0, 0.1) is 5.82 Å². The molecular formula is C14H17FN2O4. The van der Waals surface area contributed by atoms with Crippen LogP contribution in [0.3, 0.4) is 0 Å². The van der Waals surface area contributed by atoms with Crippen molar-refractivity contribution >= 4 is 17.6 Å². The van der Waals surface area contributed by atoms with Gasteiger partial charge >= 0.3 is 5.97 Å². The minimum absolute atomic E-state index is 0.0474. The number of hydrogen-bond acceptors (Lipinski definition) is 5. The third kappa shape index (κ3) is 3.99. The zero-order valence-electron chi connectivity index (χ0n) is 11.6. The molecule has 114 valence electrons. The molecule has 1 aromatic carbocycles. The maximum Gasteiger partial charge on any atom is 0.323 e. The predicted molar refractivity (Wildman–Crippen MR) is 73.0 cm³/mol. The first-order valence-electron chi connectivity index (χ1n) is 6.55. The van der Waals surface area contributed by atoms with Gasteiger partial charge in [-0.2, -0.15) is 0 Å². The molecule has 1 aromatic rings. The van der Waals surface area contributed by atoms with E-state index in [1.165, 1.54) is 31.4 Å². The first-order valence-corrected chi connectivity index (χ1v) is 6.55. The second-order valence-electron chi connectivity index (χ2n) is 4.91. The van der Waals surface area contributed by atoms with Crippen molar-refractivity contribution in [2.24, 2.45) is 0 Å². The van der Waals surface area contributed by atoms with Crippen LogP contribution in [0.25, 0.3) is 0 Å². The summed E-state index contributed by atoms with van der Waals surface area (Å²) in [6, 6.07) is 4.76. The molecule has 7 heteroatoms. The van der Waals surface area contributed by atoms with E-state index in [4.69, 9.17) is 0 Å². The van der Waals surface area contributed by atoms with Gasteiger partial charge in [-0.3, -0.25) is 14.5 Å². The van der Waals surface area contributed by atoms with Crippen molar-refractivity contribution in [3.63, 3.8) is 0 Å². The van der Waals surface area contributed by atoms with Crippen molar-refractivity contribution in [1.29, 1.82) is 0 Å². The SMILES string of the molecule is COC(=O)C1CC(O)CN1CC(=O)Nc1ccc(F)cc1. The number of carbonyl (C=O) groups excluding carboxylic acids is 2. The summed E-state index contributed by atoms with van der Waals surface area (Å²) in [7, 11) is 1.27. The number of halogens is 1.